The number of anilines is 1. The molecule has 2 atom stereocenters. The molecule has 132 valence electrons. The van der Waals surface area contributed by atoms with Crippen LogP contribution < -0.4 is 15.8 Å². The third-order valence-electron chi connectivity index (χ3n) is 4.73. The number of rotatable bonds is 5. The highest BCUT2D eigenvalue weighted by Gasteiger charge is 2.26. The van der Waals surface area contributed by atoms with Gasteiger partial charge in [-0.15, -0.1) is 0 Å². The molecule has 0 radical (unpaired) electrons. The van der Waals surface area contributed by atoms with Crippen molar-refractivity contribution in [3.05, 3.63) is 59.2 Å². The Kier molecular flexibility index (Phi) is 5.27. The van der Waals surface area contributed by atoms with Crippen LogP contribution in [0.5, 0.6) is 5.75 Å². The van der Waals surface area contributed by atoms with Crippen molar-refractivity contribution < 1.29 is 9.53 Å². The number of amides is 1. The lowest BCUT2D eigenvalue weighted by atomic mass is 9.87. The molecule has 4 nitrogen and oxygen atoms in total. The van der Waals surface area contributed by atoms with Crippen LogP contribution in [0, 0.1) is 6.92 Å². The van der Waals surface area contributed by atoms with Gasteiger partial charge in [0, 0.05) is 5.69 Å². The Hall–Kier alpha value is -2.49. The third-order valence-corrected chi connectivity index (χ3v) is 4.73. The van der Waals surface area contributed by atoms with Gasteiger partial charge in [0.25, 0.3) is 5.91 Å². The van der Waals surface area contributed by atoms with Gasteiger partial charge in [0.15, 0.2) is 6.10 Å². The van der Waals surface area contributed by atoms with Crippen LogP contribution >= 0.6 is 0 Å². The lowest BCUT2D eigenvalue weighted by Crippen LogP contribution is -2.41. The molecule has 3 rings (SSSR count). The van der Waals surface area contributed by atoms with Crippen molar-refractivity contribution in [1.82, 2.24) is 5.32 Å². The molecule has 2 aromatic rings. The molecule has 0 saturated heterocycles. The smallest absolute Gasteiger partial charge is 0.261 e. The fourth-order valence-corrected chi connectivity index (χ4v) is 3.42. The van der Waals surface area contributed by atoms with Gasteiger partial charge in [0.05, 0.1) is 6.04 Å². The van der Waals surface area contributed by atoms with Crippen molar-refractivity contribution in [2.45, 2.75) is 51.7 Å². The Labute approximate surface area is 149 Å². The van der Waals surface area contributed by atoms with E-state index >= 15 is 0 Å². The number of hydrogen-bond acceptors (Lipinski definition) is 3. The Morgan fingerprint density at radius 3 is 2.92 bits per heavy atom. The highest BCUT2D eigenvalue weighted by Crippen LogP contribution is 2.31. The minimum atomic E-state index is -0.485. The second-order valence-corrected chi connectivity index (χ2v) is 6.74. The van der Waals surface area contributed by atoms with Crippen LogP contribution in [0.15, 0.2) is 42.5 Å². The molecule has 0 aliphatic heterocycles. The largest absolute Gasteiger partial charge is 0.481 e. The van der Waals surface area contributed by atoms with E-state index in [4.69, 9.17) is 10.5 Å². The number of carbonyl (C=O) groups is 1. The predicted molar refractivity (Wildman–Crippen MR) is 101 cm³/mol. The van der Waals surface area contributed by atoms with Crippen LogP contribution in [0.4, 0.5) is 5.69 Å². The van der Waals surface area contributed by atoms with Crippen LogP contribution in [-0.4, -0.2) is 12.0 Å². The van der Waals surface area contributed by atoms with Gasteiger partial charge in [-0.2, -0.15) is 0 Å². The summed E-state index contributed by atoms with van der Waals surface area (Å²) in [6, 6.07) is 13.8. The number of benzene rings is 2. The molecule has 0 fully saturated rings. The molecule has 0 spiro atoms. The average molecular weight is 338 g/mol. The Morgan fingerprint density at radius 1 is 1.32 bits per heavy atom. The lowest BCUT2D eigenvalue weighted by molar-refractivity contribution is -0.129. The molecule has 1 aliphatic rings. The summed E-state index contributed by atoms with van der Waals surface area (Å²) in [7, 11) is 0. The zero-order valence-corrected chi connectivity index (χ0v) is 14.9. The van der Waals surface area contributed by atoms with Gasteiger partial charge in [-0.1, -0.05) is 25.1 Å². The summed E-state index contributed by atoms with van der Waals surface area (Å²) in [5.41, 5.74) is 10.2. The van der Waals surface area contributed by atoms with Crippen molar-refractivity contribution >= 4 is 11.6 Å². The summed E-state index contributed by atoms with van der Waals surface area (Å²) in [6.07, 6.45) is 3.16. The number of ether oxygens (including phenoxy) is 1. The van der Waals surface area contributed by atoms with Gasteiger partial charge in [0.1, 0.15) is 5.75 Å². The molecule has 1 aliphatic carbocycles. The first-order valence-corrected chi connectivity index (χ1v) is 8.99. The zero-order chi connectivity index (χ0) is 17.8. The Morgan fingerprint density at radius 2 is 2.16 bits per heavy atom. The lowest BCUT2D eigenvalue weighted by Gasteiger charge is -2.28. The van der Waals surface area contributed by atoms with E-state index in [-0.39, 0.29) is 11.9 Å². The normalized spacial score (nSPS) is 17.4. The number of nitrogens with two attached hydrogens (primary N) is 1. The Balaban J connectivity index is 1.71. The van der Waals surface area contributed by atoms with Crippen molar-refractivity contribution in [3.8, 4) is 5.75 Å². The predicted octanol–water partition coefficient (Wildman–Crippen LogP) is 3.93. The highest BCUT2D eigenvalue weighted by atomic mass is 16.5. The number of nitrogens with one attached hydrogen (secondary N) is 1. The van der Waals surface area contributed by atoms with Gasteiger partial charge in [0.2, 0.25) is 0 Å². The second kappa shape index (κ2) is 7.60. The number of nitrogen functional groups attached to an aromatic ring is 1. The van der Waals surface area contributed by atoms with Gasteiger partial charge in [-0.25, -0.2) is 0 Å². The van der Waals surface area contributed by atoms with Gasteiger partial charge < -0.3 is 15.8 Å². The molecule has 0 aromatic heterocycles. The quantitative estimate of drug-likeness (QED) is 0.812. The van der Waals surface area contributed by atoms with Crippen molar-refractivity contribution in [2.24, 2.45) is 0 Å². The first-order valence-electron chi connectivity index (χ1n) is 8.99. The number of fused-ring (bicyclic) bond motifs is 1. The maximum atomic E-state index is 12.7. The van der Waals surface area contributed by atoms with Crippen molar-refractivity contribution in [1.29, 1.82) is 0 Å². The first kappa shape index (κ1) is 17.3. The average Bonchev–Trinajstić information content (AvgIpc) is 2.59. The minimum Gasteiger partial charge on any atom is -0.481 e. The van der Waals surface area contributed by atoms with E-state index < -0.39 is 6.10 Å². The maximum absolute atomic E-state index is 12.7. The fraction of sp³-hybridized carbons (Fsp3) is 0.381. The number of aryl methyl sites for hydroxylation is 2. The van der Waals surface area contributed by atoms with E-state index in [1.54, 1.807) is 0 Å². The van der Waals surface area contributed by atoms with E-state index in [0.717, 1.165) is 36.3 Å². The minimum absolute atomic E-state index is 0.0343. The molecule has 0 bridgehead atoms. The second-order valence-electron chi connectivity index (χ2n) is 6.74. The summed E-state index contributed by atoms with van der Waals surface area (Å²) in [5.74, 6) is 0.678. The van der Waals surface area contributed by atoms with E-state index in [2.05, 4.69) is 5.32 Å². The summed E-state index contributed by atoms with van der Waals surface area (Å²) in [6.45, 7) is 3.98. The van der Waals surface area contributed by atoms with E-state index in [1.165, 1.54) is 11.1 Å². The molecule has 25 heavy (non-hydrogen) atoms. The molecule has 0 heterocycles. The maximum Gasteiger partial charge on any atom is 0.261 e. The highest BCUT2D eigenvalue weighted by molar-refractivity contribution is 5.81. The molecule has 1 amide bonds. The molecule has 3 N–H and O–H groups in total. The van der Waals surface area contributed by atoms with E-state index in [9.17, 15) is 4.79 Å². The third kappa shape index (κ3) is 4.13. The molecule has 2 aromatic carbocycles. The standard InChI is InChI=1S/C21H26N2O2/c1-3-20(25-17-8-4-6-14(2)12-17)21(24)23-19-9-5-7-15-13-16(22)10-11-18(15)19/h4,6,8,10-13,19-20H,3,5,7,9,22H2,1-2H3,(H,23,24). The molecule has 2 unspecified atom stereocenters. The van der Waals surface area contributed by atoms with Gasteiger partial charge in [-0.3, -0.25) is 4.79 Å². The number of carbonyl (C=O) groups excluding carboxylic acids is 1. The molecule has 4 heteroatoms. The molecular formula is C21H26N2O2. The van der Waals surface area contributed by atoms with Crippen LogP contribution in [0.3, 0.4) is 0 Å². The Bertz CT molecular complexity index is 757. The van der Waals surface area contributed by atoms with Gasteiger partial charge in [-0.05, 0) is 73.6 Å². The summed E-state index contributed by atoms with van der Waals surface area (Å²) < 4.78 is 5.92. The summed E-state index contributed by atoms with van der Waals surface area (Å²) >= 11 is 0. The topological polar surface area (TPSA) is 64.3 Å². The van der Waals surface area contributed by atoms with Crippen molar-refractivity contribution in [2.75, 3.05) is 5.73 Å². The van der Waals surface area contributed by atoms with Crippen molar-refractivity contribution in [3.63, 3.8) is 0 Å². The van der Waals surface area contributed by atoms with Gasteiger partial charge >= 0.3 is 0 Å². The SMILES string of the molecule is CCC(Oc1cccc(C)c1)C(=O)NC1CCCc2cc(N)ccc21. The zero-order valence-electron chi connectivity index (χ0n) is 14.9. The van der Waals surface area contributed by atoms with E-state index in [0.29, 0.717) is 6.42 Å². The first-order chi connectivity index (χ1) is 12.1. The van der Waals surface area contributed by atoms with Crippen LogP contribution in [0.25, 0.3) is 0 Å². The van der Waals surface area contributed by atoms with E-state index in [1.807, 2.05) is 56.3 Å². The molecular weight excluding hydrogens is 312 g/mol. The van der Waals surface area contributed by atoms with Crippen LogP contribution in [0.1, 0.15) is 48.9 Å². The summed E-state index contributed by atoms with van der Waals surface area (Å²) in [5, 5.41) is 3.18. The molecule has 0 saturated carbocycles. The fourth-order valence-electron chi connectivity index (χ4n) is 3.42. The summed E-state index contributed by atoms with van der Waals surface area (Å²) in [4.78, 5) is 12.7. The monoisotopic (exact) mass is 338 g/mol. The number of hydrogen-bond donors (Lipinski definition) is 2. The van der Waals surface area contributed by atoms with Crippen LogP contribution in [0.2, 0.25) is 0 Å². The van der Waals surface area contributed by atoms with Crippen LogP contribution in [-0.2, 0) is 11.2 Å².